The number of rotatable bonds is 5. The van der Waals surface area contributed by atoms with Gasteiger partial charge < -0.3 is 9.64 Å². The number of carbonyl (C=O) groups is 1. The van der Waals surface area contributed by atoms with Gasteiger partial charge in [-0.2, -0.15) is 0 Å². The number of nitrogens with zero attached hydrogens (tertiary/aromatic N) is 3. The van der Waals surface area contributed by atoms with Crippen LogP contribution < -0.4 is 0 Å². The highest BCUT2D eigenvalue weighted by atomic mass is 16.5. The Morgan fingerprint density at radius 3 is 2.46 bits per heavy atom. The second-order valence-corrected chi connectivity index (χ2v) is 7.98. The normalized spacial score (nSPS) is 32.6. The summed E-state index contributed by atoms with van der Waals surface area (Å²) < 4.78 is 5.16. The van der Waals surface area contributed by atoms with Crippen molar-refractivity contribution >= 4 is 5.91 Å². The predicted molar refractivity (Wildman–Crippen MR) is 96.0 cm³/mol. The maximum Gasteiger partial charge on any atom is 0.237 e. The van der Waals surface area contributed by atoms with Crippen LogP contribution in [0.15, 0.2) is 0 Å². The monoisotopic (exact) mass is 337 g/mol. The molecule has 0 bridgehead atoms. The van der Waals surface area contributed by atoms with Gasteiger partial charge in [-0.05, 0) is 31.1 Å². The molecular weight excluding hydrogens is 302 g/mol. The van der Waals surface area contributed by atoms with Crippen LogP contribution in [0.2, 0.25) is 0 Å². The Kier molecular flexibility index (Phi) is 6.53. The predicted octanol–water partition coefficient (Wildman–Crippen LogP) is 1.68. The van der Waals surface area contributed by atoms with Gasteiger partial charge >= 0.3 is 0 Å². The molecule has 2 saturated heterocycles. The largest absolute Gasteiger partial charge is 0.383 e. The van der Waals surface area contributed by atoms with Crippen molar-refractivity contribution in [3.05, 3.63) is 0 Å². The van der Waals surface area contributed by atoms with Crippen LogP contribution >= 0.6 is 0 Å². The van der Waals surface area contributed by atoms with Crippen LogP contribution in [-0.2, 0) is 9.53 Å². The van der Waals surface area contributed by atoms with E-state index in [0.717, 1.165) is 57.7 Å². The zero-order valence-electron chi connectivity index (χ0n) is 15.6. The number of piperazine rings is 1. The van der Waals surface area contributed by atoms with Crippen molar-refractivity contribution in [2.45, 2.75) is 45.1 Å². The van der Waals surface area contributed by atoms with Crippen molar-refractivity contribution < 1.29 is 9.53 Å². The first-order valence-electron chi connectivity index (χ1n) is 9.92. The number of amides is 1. The molecule has 1 aliphatic carbocycles. The number of fused-ring (bicyclic) bond motifs is 1. The minimum Gasteiger partial charge on any atom is -0.383 e. The maximum absolute atomic E-state index is 12.9. The molecule has 0 aromatic rings. The standard InChI is InChI=1S/C19H35N3O2/c1-16-7-8-22(18-6-4-3-5-17(16)18)19(23)15-21-11-9-20(10-12-21)13-14-24-2/h16-18H,3-15H2,1-2H3. The average Bonchev–Trinajstić information content (AvgIpc) is 2.61. The summed E-state index contributed by atoms with van der Waals surface area (Å²) in [7, 11) is 1.76. The lowest BCUT2D eigenvalue weighted by molar-refractivity contribution is -0.140. The van der Waals surface area contributed by atoms with E-state index < -0.39 is 0 Å². The van der Waals surface area contributed by atoms with Crippen LogP contribution in [0, 0.1) is 11.8 Å². The van der Waals surface area contributed by atoms with Crippen LogP contribution in [0.5, 0.6) is 0 Å². The number of likely N-dealkylation sites (tertiary alicyclic amines) is 1. The van der Waals surface area contributed by atoms with Crippen LogP contribution in [0.3, 0.4) is 0 Å². The van der Waals surface area contributed by atoms with Gasteiger partial charge in [-0.25, -0.2) is 0 Å². The second-order valence-electron chi connectivity index (χ2n) is 7.98. The molecule has 138 valence electrons. The number of methoxy groups -OCH3 is 1. The molecule has 3 rings (SSSR count). The fraction of sp³-hybridized carbons (Fsp3) is 0.947. The van der Waals surface area contributed by atoms with E-state index in [2.05, 4.69) is 21.6 Å². The Balaban J connectivity index is 1.48. The summed E-state index contributed by atoms with van der Waals surface area (Å²) in [6, 6.07) is 0.526. The van der Waals surface area contributed by atoms with E-state index in [-0.39, 0.29) is 0 Å². The first kappa shape index (κ1) is 18.2. The minimum atomic E-state index is 0.379. The highest BCUT2D eigenvalue weighted by molar-refractivity contribution is 5.78. The van der Waals surface area contributed by atoms with Gasteiger partial charge in [-0.15, -0.1) is 0 Å². The molecule has 5 nitrogen and oxygen atoms in total. The number of carbonyl (C=O) groups excluding carboxylic acids is 1. The fourth-order valence-corrected chi connectivity index (χ4v) is 4.90. The van der Waals surface area contributed by atoms with Crippen molar-refractivity contribution in [1.29, 1.82) is 0 Å². The molecule has 0 aromatic heterocycles. The molecule has 0 spiro atoms. The molecular formula is C19H35N3O2. The summed E-state index contributed by atoms with van der Waals surface area (Å²) in [4.78, 5) is 20.0. The Morgan fingerprint density at radius 1 is 1.00 bits per heavy atom. The third-order valence-electron chi connectivity index (χ3n) is 6.49. The molecule has 3 aliphatic rings. The summed E-state index contributed by atoms with van der Waals surface area (Å²) in [5, 5.41) is 0. The Morgan fingerprint density at radius 2 is 1.71 bits per heavy atom. The van der Waals surface area contributed by atoms with Gasteiger partial charge in [0.05, 0.1) is 13.2 Å². The van der Waals surface area contributed by atoms with E-state index in [9.17, 15) is 4.79 Å². The summed E-state index contributed by atoms with van der Waals surface area (Å²) in [5.41, 5.74) is 0. The molecule has 1 saturated carbocycles. The number of hydrogen-bond acceptors (Lipinski definition) is 4. The molecule has 3 unspecified atom stereocenters. The molecule has 2 aliphatic heterocycles. The van der Waals surface area contributed by atoms with Gasteiger partial charge in [-0.1, -0.05) is 19.8 Å². The molecule has 1 amide bonds. The summed E-state index contributed by atoms with van der Waals surface area (Å²) in [5.74, 6) is 1.93. The molecule has 0 N–H and O–H groups in total. The molecule has 24 heavy (non-hydrogen) atoms. The van der Waals surface area contributed by atoms with E-state index in [1.54, 1.807) is 7.11 Å². The SMILES string of the molecule is COCCN1CCN(CC(=O)N2CCC(C)C3CCCCC32)CC1. The minimum absolute atomic E-state index is 0.379. The third-order valence-corrected chi connectivity index (χ3v) is 6.49. The zero-order valence-corrected chi connectivity index (χ0v) is 15.6. The van der Waals surface area contributed by atoms with Crippen LogP contribution in [-0.4, -0.2) is 86.2 Å². The molecule has 2 heterocycles. The summed E-state index contributed by atoms with van der Waals surface area (Å²) >= 11 is 0. The zero-order chi connectivity index (χ0) is 16.9. The van der Waals surface area contributed by atoms with Gasteiger partial charge in [0.2, 0.25) is 5.91 Å². The summed E-state index contributed by atoms with van der Waals surface area (Å²) in [6.07, 6.45) is 6.41. The maximum atomic E-state index is 12.9. The van der Waals surface area contributed by atoms with Crippen molar-refractivity contribution in [2.75, 3.05) is 59.5 Å². The Bertz CT molecular complexity index is 409. The number of piperidine rings is 1. The van der Waals surface area contributed by atoms with E-state index >= 15 is 0 Å². The lowest BCUT2D eigenvalue weighted by atomic mass is 9.72. The second kappa shape index (κ2) is 8.63. The summed E-state index contributed by atoms with van der Waals surface area (Å²) in [6.45, 7) is 9.93. The van der Waals surface area contributed by atoms with Gasteiger partial charge in [0.25, 0.3) is 0 Å². The van der Waals surface area contributed by atoms with Crippen molar-refractivity contribution in [3.63, 3.8) is 0 Å². The quantitative estimate of drug-likeness (QED) is 0.765. The van der Waals surface area contributed by atoms with Crippen molar-refractivity contribution in [1.82, 2.24) is 14.7 Å². The van der Waals surface area contributed by atoms with E-state index in [0.29, 0.717) is 18.5 Å². The highest BCUT2D eigenvalue weighted by Crippen LogP contribution is 2.38. The van der Waals surface area contributed by atoms with Gasteiger partial charge in [0.15, 0.2) is 0 Å². The number of hydrogen-bond donors (Lipinski definition) is 0. The first-order valence-corrected chi connectivity index (χ1v) is 9.92. The molecule has 0 radical (unpaired) electrons. The van der Waals surface area contributed by atoms with Crippen molar-refractivity contribution in [2.24, 2.45) is 11.8 Å². The topological polar surface area (TPSA) is 36.0 Å². The first-order chi connectivity index (χ1) is 11.7. The molecule has 3 fully saturated rings. The molecule has 0 aromatic carbocycles. The van der Waals surface area contributed by atoms with Gasteiger partial charge in [0.1, 0.15) is 0 Å². The number of ether oxygens (including phenoxy) is 1. The van der Waals surface area contributed by atoms with Crippen molar-refractivity contribution in [3.8, 4) is 0 Å². The van der Waals surface area contributed by atoms with Crippen LogP contribution in [0.4, 0.5) is 0 Å². The Hall–Kier alpha value is -0.650. The van der Waals surface area contributed by atoms with Crippen LogP contribution in [0.25, 0.3) is 0 Å². The smallest absolute Gasteiger partial charge is 0.237 e. The fourth-order valence-electron chi connectivity index (χ4n) is 4.90. The average molecular weight is 338 g/mol. The molecule has 3 atom stereocenters. The Labute approximate surface area is 147 Å². The van der Waals surface area contributed by atoms with Gasteiger partial charge in [0, 0.05) is 52.4 Å². The van der Waals surface area contributed by atoms with E-state index in [4.69, 9.17) is 4.74 Å². The van der Waals surface area contributed by atoms with Crippen LogP contribution in [0.1, 0.15) is 39.0 Å². The molecule has 5 heteroatoms. The van der Waals surface area contributed by atoms with E-state index in [1.165, 1.54) is 32.1 Å². The highest BCUT2D eigenvalue weighted by Gasteiger charge is 2.39. The lowest BCUT2D eigenvalue weighted by Crippen LogP contribution is -2.56. The van der Waals surface area contributed by atoms with Gasteiger partial charge in [-0.3, -0.25) is 14.6 Å². The third kappa shape index (κ3) is 4.30. The van der Waals surface area contributed by atoms with E-state index in [1.807, 2.05) is 0 Å². The lowest BCUT2D eigenvalue weighted by Gasteiger charge is -2.48.